The van der Waals surface area contributed by atoms with Crippen LogP contribution in [0.3, 0.4) is 0 Å². The van der Waals surface area contributed by atoms with E-state index in [1.54, 1.807) is 6.07 Å². The van der Waals surface area contributed by atoms with Crippen LogP contribution in [0, 0.1) is 0 Å². The lowest BCUT2D eigenvalue weighted by atomic mass is 10.3. The molecule has 56 valence electrons. The smallest absolute Gasteiger partial charge is 0.339 e. The van der Waals surface area contributed by atoms with Crippen LogP contribution in [0.25, 0.3) is 0 Å². The molecule has 1 rings (SSSR count). The molecule has 0 spiro atoms. The van der Waals surface area contributed by atoms with Crippen molar-refractivity contribution in [3.63, 3.8) is 0 Å². The normalized spacial score (nSPS) is 9.09. The molecule has 3 heteroatoms. The Kier molecular flexibility index (Phi) is 2.01. The number of hydrogen-bond acceptors (Lipinski definition) is 2. The number of aromatic carboxylic acids is 1. The lowest BCUT2D eigenvalue weighted by Gasteiger charge is -1.82. The summed E-state index contributed by atoms with van der Waals surface area (Å²) >= 11 is 0. The molecule has 0 bridgehead atoms. The highest BCUT2D eigenvalue weighted by atomic mass is 16.4. The predicted octanol–water partition coefficient (Wildman–Crippen LogP) is 0.745. The highest BCUT2D eigenvalue weighted by molar-refractivity contribution is 5.87. The second-order valence-electron chi connectivity index (χ2n) is 1.99. The van der Waals surface area contributed by atoms with Gasteiger partial charge in [-0.25, -0.2) is 4.79 Å². The Bertz CT molecular complexity index is 330. The Morgan fingerprint density at radius 3 is 2.45 bits per heavy atom. The van der Waals surface area contributed by atoms with Gasteiger partial charge in [0.15, 0.2) is 5.43 Å². The van der Waals surface area contributed by atoms with Crippen molar-refractivity contribution in [3.05, 3.63) is 46.1 Å². The monoisotopic (exact) mass is 150 g/mol. The van der Waals surface area contributed by atoms with Crippen molar-refractivity contribution in [3.8, 4) is 0 Å². The van der Waals surface area contributed by atoms with Gasteiger partial charge in [0.1, 0.15) is 5.56 Å². The van der Waals surface area contributed by atoms with Crippen LogP contribution in [0.5, 0.6) is 0 Å². The molecule has 1 N–H and O–H groups in total. The molecule has 0 atom stereocenters. The van der Waals surface area contributed by atoms with E-state index in [2.05, 4.69) is 0 Å². The average Bonchev–Trinajstić information content (AvgIpc) is 2.13. The third-order valence-corrected chi connectivity index (χ3v) is 1.23. The van der Waals surface area contributed by atoms with Gasteiger partial charge < -0.3 is 5.11 Å². The fourth-order valence-corrected chi connectivity index (χ4v) is 0.707. The number of carboxylic acid groups (broad SMARTS) is 1. The summed E-state index contributed by atoms with van der Waals surface area (Å²) in [4.78, 5) is 21.2. The van der Waals surface area contributed by atoms with Gasteiger partial charge in [-0.1, -0.05) is 18.2 Å². The van der Waals surface area contributed by atoms with Crippen molar-refractivity contribution in [2.24, 2.45) is 0 Å². The maximum absolute atomic E-state index is 10.9. The first kappa shape index (κ1) is 7.47. The Morgan fingerprint density at radius 2 is 1.82 bits per heavy atom. The van der Waals surface area contributed by atoms with E-state index >= 15 is 0 Å². The Hall–Kier alpha value is -1.64. The lowest BCUT2D eigenvalue weighted by Crippen LogP contribution is -2.10. The summed E-state index contributed by atoms with van der Waals surface area (Å²) in [5, 5.41) is 8.48. The summed E-state index contributed by atoms with van der Waals surface area (Å²) < 4.78 is 0. The van der Waals surface area contributed by atoms with Crippen LogP contribution in [0.1, 0.15) is 10.4 Å². The van der Waals surface area contributed by atoms with Gasteiger partial charge in [-0.2, -0.15) is 0 Å². The van der Waals surface area contributed by atoms with Gasteiger partial charge in [0.05, 0.1) is 0 Å². The highest BCUT2D eigenvalue weighted by Crippen LogP contribution is 1.88. The Labute approximate surface area is 62.9 Å². The summed E-state index contributed by atoms with van der Waals surface area (Å²) in [5.41, 5.74) is -0.669. The van der Waals surface area contributed by atoms with E-state index in [9.17, 15) is 9.59 Å². The third-order valence-electron chi connectivity index (χ3n) is 1.23. The molecule has 0 amide bonds. The zero-order valence-electron chi connectivity index (χ0n) is 5.65. The van der Waals surface area contributed by atoms with E-state index in [0.717, 1.165) is 0 Å². The minimum absolute atomic E-state index is 0.199. The summed E-state index contributed by atoms with van der Waals surface area (Å²) in [7, 11) is 0. The number of carboxylic acids is 1. The molecule has 3 nitrogen and oxygen atoms in total. The molecule has 0 aliphatic rings. The van der Waals surface area contributed by atoms with Crippen LogP contribution < -0.4 is 5.43 Å². The predicted molar refractivity (Wildman–Crippen MR) is 39.7 cm³/mol. The SMILES string of the molecule is O=C(O)c1cccccc1=O. The van der Waals surface area contributed by atoms with Crippen molar-refractivity contribution in [2.45, 2.75) is 0 Å². The van der Waals surface area contributed by atoms with Gasteiger partial charge in [0.25, 0.3) is 0 Å². The molecule has 0 unspecified atom stereocenters. The second kappa shape index (κ2) is 2.96. The average molecular weight is 150 g/mol. The standard InChI is InChI=1S/C8H6O3/c9-7-5-3-1-2-4-6(7)8(10)11/h1-5H,(H,10,11). The van der Waals surface area contributed by atoms with E-state index in [0.29, 0.717) is 0 Å². The summed E-state index contributed by atoms with van der Waals surface area (Å²) in [6, 6.07) is 7.14. The zero-order chi connectivity index (χ0) is 8.27. The fraction of sp³-hybridized carbons (Fsp3) is 0. The minimum atomic E-state index is -1.19. The van der Waals surface area contributed by atoms with Crippen LogP contribution in [-0.2, 0) is 0 Å². The summed E-state index contributed by atoms with van der Waals surface area (Å²) in [6.45, 7) is 0. The molecule has 0 fully saturated rings. The molecule has 0 saturated carbocycles. The van der Waals surface area contributed by atoms with Crippen molar-refractivity contribution >= 4 is 5.97 Å². The van der Waals surface area contributed by atoms with Gasteiger partial charge >= 0.3 is 5.97 Å². The molecule has 1 aromatic rings. The van der Waals surface area contributed by atoms with E-state index in [4.69, 9.17) is 5.11 Å². The van der Waals surface area contributed by atoms with E-state index in [1.165, 1.54) is 24.3 Å². The number of carbonyl (C=O) groups is 1. The minimum Gasteiger partial charge on any atom is -0.478 e. The first-order valence-electron chi connectivity index (χ1n) is 3.04. The molecule has 11 heavy (non-hydrogen) atoms. The Morgan fingerprint density at radius 1 is 1.18 bits per heavy atom. The molecule has 0 aliphatic carbocycles. The zero-order valence-corrected chi connectivity index (χ0v) is 5.65. The van der Waals surface area contributed by atoms with E-state index < -0.39 is 11.4 Å². The highest BCUT2D eigenvalue weighted by Gasteiger charge is 2.03. The number of hydrogen-bond donors (Lipinski definition) is 1. The first-order chi connectivity index (χ1) is 5.22. The topological polar surface area (TPSA) is 54.4 Å². The Balaban J connectivity index is 3.41. The molecule has 0 saturated heterocycles. The quantitative estimate of drug-likeness (QED) is 0.642. The fourth-order valence-electron chi connectivity index (χ4n) is 0.707. The van der Waals surface area contributed by atoms with Crippen LogP contribution >= 0.6 is 0 Å². The van der Waals surface area contributed by atoms with Crippen molar-refractivity contribution in [2.75, 3.05) is 0 Å². The maximum atomic E-state index is 10.9. The van der Waals surface area contributed by atoms with Crippen molar-refractivity contribution in [1.82, 2.24) is 0 Å². The van der Waals surface area contributed by atoms with Crippen molar-refractivity contribution < 1.29 is 9.90 Å². The van der Waals surface area contributed by atoms with Crippen LogP contribution in [-0.4, -0.2) is 11.1 Å². The largest absolute Gasteiger partial charge is 0.478 e. The summed E-state index contributed by atoms with van der Waals surface area (Å²) in [6.07, 6.45) is 0. The first-order valence-corrected chi connectivity index (χ1v) is 3.04. The second-order valence-corrected chi connectivity index (χ2v) is 1.99. The van der Waals surface area contributed by atoms with E-state index in [1.807, 2.05) is 0 Å². The molecule has 0 radical (unpaired) electrons. The lowest BCUT2D eigenvalue weighted by molar-refractivity contribution is 0.0695. The van der Waals surface area contributed by atoms with E-state index in [-0.39, 0.29) is 5.56 Å². The van der Waals surface area contributed by atoms with Gasteiger partial charge in [-0.05, 0) is 12.1 Å². The maximum Gasteiger partial charge on any atom is 0.339 e. The molecular weight excluding hydrogens is 144 g/mol. The van der Waals surface area contributed by atoms with Gasteiger partial charge in [-0.3, -0.25) is 4.79 Å². The number of rotatable bonds is 1. The van der Waals surface area contributed by atoms with Crippen LogP contribution in [0.4, 0.5) is 0 Å². The van der Waals surface area contributed by atoms with Crippen LogP contribution in [0.2, 0.25) is 0 Å². The van der Waals surface area contributed by atoms with Crippen molar-refractivity contribution in [1.29, 1.82) is 0 Å². The molecule has 1 aromatic carbocycles. The molecule has 0 heterocycles. The molecular formula is C8H6O3. The van der Waals surface area contributed by atoms with Gasteiger partial charge in [0.2, 0.25) is 0 Å². The van der Waals surface area contributed by atoms with Gasteiger partial charge in [-0.15, -0.1) is 0 Å². The molecule has 0 aromatic heterocycles. The third kappa shape index (κ3) is 1.64. The van der Waals surface area contributed by atoms with Crippen LogP contribution in [0.15, 0.2) is 35.1 Å². The van der Waals surface area contributed by atoms with Gasteiger partial charge in [0, 0.05) is 0 Å². The summed E-state index contributed by atoms with van der Waals surface area (Å²) in [5.74, 6) is -1.19. The molecule has 0 aliphatic heterocycles.